The van der Waals surface area contributed by atoms with Crippen LogP contribution in [-0.2, 0) is 5.75 Å². The summed E-state index contributed by atoms with van der Waals surface area (Å²) in [6, 6.07) is 8.67. The highest BCUT2D eigenvalue weighted by molar-refractivity contribution is 7.97. The minimum Gasteiger partial charge on any atom is -0.493 e. The lowest BCUT2D eigenvalue weighted by molar-refractivity contribution is 0.0723. The standard InChI is InChI=1S/C17H15FO4S/c1-21-15-8-11(9-19)7-12(10-23-2)16(15)22-17(20)13-5-3-4-6-14(13)18/h3-9H,10H2,1-2H3. The summed E-state index contributed by atoms with van der Waals surface area (Å²) in [5.74, 6) is -0.517. The maximum Gasteiger partial charge on any atom is 0.346 e. The molecule has 0 spiro atoms. The van der Waals surface area contributed by atoms with Gasteiger partial charge in [-0.15, -0.1) is 0 Å². The normalized spacial score (nSPS) is 10.2. The molecule has 0 aliphatic rings. The molecule has 120 valence electrons. The molecule has 0 heterocycles. The first kappa shape index (κ1) is 17.0. The summed E-state index contributed by atoms with van der Waals surface area (Å²) in [4.78, 5) is 23.2. The zero-order valence-electron chi connectivity index (χ0n) is 12.7. The van der Waals surface area contributed by atoms with Crippen LogP contribution in [0.15, 0.2) is 36.4 Å². The first-order valence-corrected chi connectivity index (χ1v) is 8.11. The van der Waals surface area contributed by atoms with Crippen molar-refractivity contribution < 1.29 is 23.5 Å². The van der Waals surface area contributed by atoms with Crippen molar-refractivity contribution in [2.24, 2.45) is 0 Å². The van der Waals surface area contributed by atoms with Crippen molar-refractivity contribution >= 4 is 24.0 Å². The Labute approximate surface area is 137 Å². The van der Waals surface area contributed by atoms with Gasteiger partial charge in [-0.25, -0.2) is 9.18 Å². The van der Waals surface area contributed by atoms with Crippen molar-refractivity contribution in [2.45, 2.75) is 5.75 Å². The number of methoxy groups -OCH3 is 1. The number of benzene rings is 2. The molecule has 2 aromatic rings. The molecule has 0 atom stereocenters. The minimum atomic E-state index is -0.817. The predicted molar refractivity (Wildman–Crippen MR) is 87.0 cm³/mol. The maximum absolute atomic E-state index is 13.7. The second-order valence-electron chi connectivity index (χ2n) is 4.63. The Morgan fingerprint density at radius 2 is 2.04 bits per heavy atom. The lowest BCUT2D eigenvalue weighted by Gasteiger charge is -2.14. The van der Waals surface area contributed by atoms with Gasteiger partial charge in [-0.3, -0.25) is 4.79 Å². The van der Waals surface area contributed by atoms with Crippen LogP contribution in [-0.4, -0.2) is 25.6 Å². The quantitative estimate of drug-likeness (QED) is 0.458. The monoisotopic (exact) mass is 334 g/mol. The smallest absolute Gasteiger partial charge is 0.346 e. The molecule has 0 saturated carbocycles. The van der Waals surface area contributed by atoms with E-state index in [9.17, 15) is 14.0 Å². The molecular weight excluding hydrogens is 319 g/mol. The molecule has 2 aromatic carbocycles. The van der Waals surface area contributed by atoms with E-state index < -0.39 is 11.8 Å². The highest BCUT2D eigenvalue weighted by Gasteiger charge is 2.19. The molecule has 0 N–H and O–H groups in total. The summed E-state index contributed by atoms with van der Waals surface area (Å²) < 4.78 is 24.3. The van der Waals surface area contributed by atoms with Crippen LogP contribution in [0.25, 0.3) is 0 Å². The number of carbonyl (C=O) groups is 2. The fourth-order valence-corrected chi connectivity index (χ4v) is 2.58. The number of thioether (sulfide) groups is 1. The number of aldehydes is 1. The van der Waals surface area contributed by atoms with Gasteiger partial charge in [0.25, 0.3) is 0 Å². The summed E-state index contributed by atoms with van der Waals surface area (Å²) in [5, 5.41) is 0. The van der Waals surface area contributed by atoms with E-state index in [4.69, 9.17) is 9.47 Å². The fraction of sp³-hybridized carbons (Fsp3) is 0.176. The van der Waals surface area contributed by atoms with Gasteiger partial charge < -0.3 is 9.47 Å². The number of hydrogen-bond donors (Lipinski definition) is 0. The predicted octanol–water partition coefficient (Wildman–Crippen LogP) is 3.73. The van der Waals surface area contributed by atoms with Crippen LogP contribution in [0.5, 0.6) is 11.5 Å². The Hall–Kier alpha value is -2.34. The average Bonchev–Trinajstić information content (AvgIpc) is 2.56. The lowest BCUT2D eigenvalue weighted by Crippen LogP contribution is -2.12. The topological polar surface area (TPSA) is 52.6 Å². The molecule has 4 nitrogen and oxygen atoms in total. The van der Waals surface area contributed by atoms with Crippen LogP contribution in [0, 0.1) is 5.82 Å². The maximum atomic E-state index is 13.7. The van der Waals surface area contributed by atoms with Crippen molar-refractivity contribution in [2.75, 3.05) is 13.4 Å². The Morgan fingerprint density at radius 3 is 2.65 bits per heavy atom. The van der Waals surface area contributed by atoms with Crippen LogP contribution in [0.2, 0.25) is 0 Å². The van der Waals surface area contributed by atoms with E-state index in [-0.39, 0.29) is 17.1 Å². The minimum absolute atomic E-state index is 0.163. The molecular formula is C17H15FO4S. The van der Waals surface area contributed by atoms with Crippen molar-refractivity contribution in [1.29, 1.82) is 0 Å². The van der Waals surface area contributed by atoms with Gasteiger partial charge in [0.05, 0.1) is 12.7 Å². The molecule has 0 amide bonds. The zero-order chi connectivity index (χ0) is 16.8. The number of esters is 1. The van der Waals surface area contributed by atoms with E-state index in [1.807, 2.05) is 6.26 Å². The van der Waals surface area contributed by atoms with E-state index in [0.717, 1.165) is 0 Å². The molecule has 0 aliphatic carbocycles. The SMILES string of the molecule is COc1cc(C=O)cc(CSC)c1OC(=O)c1ccccc1F. The molecule has 0 unspecified atom stereocenters. The van der Waals surface area contributed by atoms with E-state index in [2.05, 4.69) is 0 Å². The Kier molecular flexibility index (Phi) is 5.76. The third-order valence-corrected chi connectivity index (χ3v) is 3.70. The van der Waals surface area contributed by atoms with Gasteiger partial charge in [0.2, 0.25) is 0 Å². The van der Waals surface area contributed by atoms with Crippen molar-refractivity contribution in [3.63, 3.8) is 0 Å². The molecule has 0 saturated heterocycles. The van der Waals surface area contributed by atoms with E-state index in [1.165, 1.54) is 43.1 Å². The first-order valence-electron chi connectivity index (χ1n) is 6.72. The van der Waals surface area contributed by atoms with Gasteiger partial charge in [-0.05, 0) is 30.5 Å². The Morgan fingerprint density at radius 1 is 1.30 bits per heavy atom. The van der Waals surface area contributed by atoms with Crippen LogP contribution in [0.1, 0.15) is 26.3 Å². The molecule has 6 heteroatoms. The number of hydrogen-bond acceptors (Lipinski definition) is 5. The number of rotatable bonds is 6. The van der Waals surface area contributed by atoms with Crippen molar-refractivity contribution in [3.8, 4) is 11.5 Å². The third-order valence-electron chi connectivity index (χ3n) is 3.10. The summed E-state index contributed by atoms with van der Waals surface area (Å²) in [5.41, 5.74) is 0.879. The van der Waals surface area contributed by atoms with Crippen LogP contribution >= 0.6 is 11.8 Å². The highest BCUT2D eigenvalue weighted by atomic mass is 32.2. The molecule has 0 radical (unpaired) electrons. The molecule has 0 aliphatic heterocycles. The Balaban J connectivity index is 2.43. The largest absolute Gasteiger partial charge is 0.493 e. The average molecular weight is 334 g/mol. The van der Waals surface area contributed by atoms with Crippen LogP contribution in [0.4, 0.5) is 4.39 Å². The first-order chi connectivity index (χ1) is 11.1. The van der Waals surface area contributed by atoms with Gasteiger partial charge >= 0.3 is 5.97 Å². The van der Waals surface area contributed by atoms with E-state index in [0.29, 0.717) is 23.2 Å². The van der Waals surface area contributed by atoms with E-state index >= 15 is 0 Å². The molecule has 23 heavy (non-hydrogen) atoms. The van der Waals surface area contributed by atoms with E-state index in [1.54, 1.807) is 12.1 Å². The van der Waals surface area contributed by atoms with Gasteiger partial charge in [0, 0.05) is 16.9 Å². The number of ether oxygens (including phenoxy) is 2. The van der Waals surface area contributed by atoms with Gasteiger partial charge in [0.15, 0.2) is 11.5 Å². The van der Waals surface area contributed by atoms with Crippen molar-refractivity contribution in [3.05, 3.63) is 58.9 Å². The second kappa shape index (κ2) is 7.78. The molecule has 2 rings (SSSR count). The number of carbonyl (C=O) groups excluding carboxylic acids is 2. The van der Waals surface area contributed by atoms with Crippen molar-refractivity contribution in [1.82, 2.24) is 0 Å². The summed E-state index contributed by atoms with van der Waals surface area (Å²) >= 11 is 1.50. The molecule has 0 bridgehead atoms. The second-order valence-corrected chi connectivity index (χ2v) is 5.50. The van der Waals surface area contributed by atoms with Gasteiger partial charge in [-0.2, -0.15) is 11.8 Å². The van der Waals surface area contributed by atoms with Gasteiger partial charge in [0.1, 0.15) is 12.1 Å². The highest BCUT2D eigenvalue weighted by Crippen LogP contribution is 2.35. The lowest BCUT2D eigenvalue weighted by atomic mass is 10.1. The zero-order valence-corrected chi connectivity index (χ0v) is 13.5. The number of halogens is 1. The van der Waals surface area contributed by atoms with Crippen LogP contribution in [0.3, 0.4) is 0 Å². The summed E-state index contributed by atoms with van der Waals surface area (Å²) in [7, 11) is 1.41. The van der Waals surface area contributed by atoms with Crippen LogP contribution < -0.4 is 9.47 Å². The molecule has 0 fully saturated rings. The third kappa shape index (κ3) is 3.90. The van der Waals surface area contributed by atoms with Gasteiger partial charge in [-0.1, -0.05) is 12.1 Å². The fourth-order valence-electron chi connectivity index (χ4n) is 2.06. The molecule has 0 aromatic heterocycles. The summed E-state index contributed by atoms with van der Waals surface area (Å²) in [6.07, 6.45) is 2.57. The summed E-state index contributed by atoms with van der Waals surface area (Å²) in [6.45, 7) is 0. The Bertz CT molecular complexity index is 731.